The quantitative estimate of drug-likeness (QED) is 0.864. The van der Waals surface area contributed by atoms with Gasteiger partial charge in [0.15, 0.2) is 0 Å². The van der Waals surface area contributed by atoms with E-state index in [9.17, 15) is 9.18 Å². The maximum atomic E-state index is 13.3. The van der Waals surface area contributed by atoms with E-state index in [1.807, 2.05) is 6.92 Å². The molecule has 1 aliphatic rings. The number of benzene rings is 1. The first-order valence-electron chi connectivity index (χ1n) is 5.64. The van der Waals surface area contributed by atoms with Gasteiger partial charge in [-0.05, 0) is 19.1 Å². The van der Waals surface area contributed by atoms with Crippen molar-refractivity contribution in [2.75, 3.05) is 11.9 Å². The van der Waals surface area contributed by atoms with Gasteiger partial charge in [-0.1, -0.05) is 17.3 Å². The zero-order chi connectivity index (χ0) is 13.0. The van der Waals surface area contributed by atoms with E-state index in [1.165, 1.54) is 12.1 Å². The van der Waals surface area contributed by atoms with Gasteiger partial charge in [0.1, 0.15) is 11.9 Å². The Kier molecular flexibility index (Phi) is 3.76. The second kappa shape index (κ2) is 5.48. The molecule has 1 atom stereocenters. The van der Waals surface area contributed by atoms with Crippen LogP contribution in [0.1, 0.15) is 13.3 Å². The Hall–Kier alpha value is -2.11. The van der Waals surface area contributed by atoms with Gasteiger partial charge in [-0.3, -0.25) is 0 Å². The second-order valence-electron chi connectivity index (χ2n) is 4.07. The fourth-order valence-electron chi connectivity index (χ4n) is 1.61. The molecule has 1 unspecified atom stereocenters. The molecular formula is C12H14FN3O2. The van der Waals surface area contributed by atoms with Crippen molar-refractivity contribution in [1.29, 1.82) is 0 Å². The molecule has 2 N–H and O–H groups in total. The molecule has 0 fully saturated rings. The van der Waals surface area contributed by atoms with Crippen molar-refractivity contribution in [1.82, 2.24) is 5.32 Å². The van der Waals surface area contributed by atoms with E-state index < -0.39 is 11.8 Å². The van der Waals surface area contributed by atoms with E-state index in [0.717, 1.165) is 5.71 Å². The van der Waals surface area contributed by atoms with Crippen LogP contribution in [0.25, 0.3) is 0 Å². The number of urea groups is 1. The van der Waals surface area contributed by atoms with Crippen LogP contribution in [-0.4, -0.2) is 24.4 Å². The molecule has 0 aliphatic carbocycles. The van der Waals surface area contributed by atoms with E-state index in [1.54, 1.807) is 12.1 Å². The second-order valence-corrected chi connectivity index (χ2v) is 4.07. The lowest BCUT2D eigenvalue weighted by Gasteiger charge is -2.11. The molecule has 1 aliphatic heterocycles. The van der Waals surface area contributed by atoms with Crippen LogP contribution in [0.5, 0.6) is 0 Å². The van der Waals surface area contributed by atoms with Crippen LogP contribution < -0.4 is 10.6 Å². The highest BCUT2D eigenvalue weighted by Gasteiger charge is 2.18. The Morgan fingerprint density at radius 3 is 3.00 bits per heavy atom. The number of nitrogens with one attached hydrogen (secondary N) is 2. The summed E-state index contributed by atoms with van der Waals surface area (Å²) in [7, 11) is 0. The van der Waals surface area contributed by atoms with Crippen LogP contribution in [0, 0.1) is 5.82 Å². The van der Waals surface area contributed by atoms with Crippen LogP contribution >= 0.6 is 0 Å². The van der Waals surface area contributed by atoms with Crippen molar-refractivity contribution < 1.29 is 14.0 Å². The summed E-state index contributed by atoms with van der Waals surface area (Å²) in [6.45, 7) is 2.19. The van der Waals surface area contributed by atoms with Gasteiger partial charge in [0.2, 0.25) is 0 Å². The van der Waals surface area contributed by atoms with E-state index in [-0.39, 0.29) is 11.8 Å². The first kappa shape index (κ1) is 12.3. The Balaban J connectivity index is 1.78. The summed E-state index contributed by atoms with van der Waals surface area (Å²) >= 11 is 0. The van der Waals surface area contributed by atoms with Crippen LogP contribution in [0.15, 0.2) is 29.4 Å². The summed E-state index contributed by atoms with van der Waals surface area (Å²) in [5.41, 5.74) is 1.05. The fraction of sp³-hybridized carbons (Fsp3) is 0.333. The van der Waals surface area contributed by atoms with Gasteiger partial charge >= 0.3 is 6.03 Å². The Labute approximate surface area is 104 Å². The smallest absolute Gasteiger partial charge is 0.319 e. The minimum absolute atomic E-state index is 0.142. The highest BCUT2D eigenvalue weighted by Crippen LogP contribution is 2.12. The number of carbonyl (C=O) groups is 1. The third-order valence-corrected chi connectivity index (χ3v) is 2.49. The molecule has 2 rings (SSSR count). The summed E-state index contributed by atoms with van der Waals surface area (Å²) in [4.78, 5) is 16.6. The molecule has 0 saturated carbocycles. The molecule has 18 heavy (non-hydrogen) atoms. The standard InChI is InChI=1S/C12H14FN3O2/c1-8-6-9(18-16-8)7-14-12(17)15-11-5-3-2-4-10(11)13/h2-5,9H,6-7H2,1H3,(H2,14,15,17). The predicted molar refractivity (Wildman–Crippen MR) is 66.0 cm³/mol. The van der Waals surface area contributed by atoms with Gasteiger partial charge in [0.05, 0.1) is 17.9 Å². The van der Waals surface area contributed by atoms with Crippen molar-refractivity contribution in [3.63, 3.8) is 0 Å². The van der Waals surface area contributed by atoms with E-state index in [2.05, 4.69) is 15.8 Å². The average molecular weight is 251 g/mol. The molecule has 5 nitrogen and oxygen atoms in total. The topological polar surface area (TPSA) is 62.7 Å². The first-order chi connectivity index (χ1) is 8.65. The fourth-order valence-corrected chi connectivity index (χ4v) is 1.61. The number of oxime groups is 1. The monoisotopic (exact) mass is 251 g/mol. The molecule has 0 aromatic heterocycles. The number of hydrogen-bond acceptors (Lipinski definition) is 3. The van der Waals surface area contributed by atoms with Crippen molar-refractivity contribution >= 4 is 17.4 Å². The largest absolute Gasteiger partial charge is 0.390 e. The lowest BCUT2D eigenvalue weighted by molar-refractivity contribution is 0.0870. The van der Waals surface area contributed by atoms with Gasteiger partial charge in [-0.25, -0.2) is 9.18 Å². The predicted octanol–water partition coefficient (Wildman–Crippen LogP) is 2.11. The molecule has 0 spiro atoms. The van der Waals surface area contributed by atoms with E-state index >= 15 is 0 Å². The van der Waals surface area contributed by atoms with Crippen molar-refractivity contribution in [2.24, 2.45) is 5.16 Å². The molecule has 0 bridgehead atoms. The van der Waals surface area contributed by atoms with E-state index in [0.29, 0.717) is 13.0 Å². The number of hydrogen-bond donors (Lipinski definition) is 2. The number of amides is 2. The molecule has 2 amide bonds. The minimum Gasteiger partial charge on any atom is -0.390 e. The maximum Gasteiger partial charge on any atom is 0.319 e. The number of anilines is 1. The molecule has 0 radical (unpaired) electrons. The van der Waals surface area contributed by atoms with Crippen molar-refractivity contribution in [3.8, 4) is 0 Å². The number of carbonyl (C=O) groups excluding carboxylic acids is 1. The Morgan fingerprint density at radius 2 is 2.33 bits per heavy atom. The zero-order valence-corrected chi connectivity index (χ0v) is 9.94. The van der Waals surface area contributed by atoms with Crippen LogP contribution in [-0.2, 0) is 4.84 Å². The van der Waals surface area contributed by atoms with Crippen LogP contribution in [0.3, 0.4) is 0 Å². The molecule has 96 valence electrons. The molecule has 1 heterocycles. The third-order valence-electron chi connectivity index (χ3n) is 2.49. The van der Waals surface area contributed by atoms with Gasteiger partial charge in [0, 0.05) is 6.42 Å². The van der Waals surface area contributed by atoms with Crippen LogP contribution in [0.4, 0.5) is 14.9 Å². The van der Waals surface area contributed by atoms with Gasteiger partial charge in [0.25, 0.3) is 0 Å². The number of rotatable bonds is 3. The van der Waals surface area contributed by atoms with Gasteiger partial charge in [-0.15, -0.1) is 0 Å². The summed E-state index contributed by atoms with van der Waals surface area (Å²) in [5, 5.41) is 8.81. The molecule has 6 heteroatoms. The summed E-state index contributed by atoms with van der Waals surface area (Å²) in [6, 6.07) is 5.52. The Morgan fingerprint density at radius 1 is 1.56 bits per heavy atom. The Bertz CT molecular complexity index is 476. The normalized spacial score (nSPS) is 17.9. The lowest BCUT2D eigenvalue weighted by Crippen LogP contribution is -2.35. The first-order valence-corrected chi connectivity index (χ1v) is 5.64. The number of para-hydroxylation sites is 1. The van der Waals surface area contributed by atoms with E-state index in [4.69, 9.17) is 4.84 Å². The average Bonchev–Trinajstić information content (AvgIpc) is 2.76. The van der Waals surface area contributed by atoms with Gasteiger partial charge in [-0.2, -0.15) is 0 Å². The number of nitrogens with zero attached hydrogens (tertiary/aromatic N) is 1. The highest BCUT2D eigenvalue weighted by molar-refractivity contribution is 5.89. The molecule has 1 aromatic carbocycles. The van der Waals surface area contributed by atoms with Crippen molar-refractivity contribution in [2.45, 2.75) is 19.4 Å². The molecule has 0 saturated heterocycles. The number of halogens is 1. The molecule has 1 aromatic rings. The zero-order valence-electron chi connectivity index (χ0n) is 9.94. The highest BCUT2D eigenvalue weighted by atomic mass is 19.1. The summed E-state index contributed by atoms with van der Waals surface area (Å²) in [6.07, 6.45) is 0.552. The summed E-state index contributed by atoms with van der Waals surface area (Å²) in [5.74, 6) is -0.469. The maximum absolute atomic E-state index is 13.3. The SMILES string of the molecule is CC1=NOC(CNC(=O)Nc2ccccc2F)C1. The van der Waals surface area contributed by atoms with Crippen molar-refractivity contribution in [3.05, 3.63) is 30.1 Å². The molecular weight excluding hydrogens is 237 g/mol. The van der Waals surface area contributed by atoms with Gasteiger partial charge < -0.3 is 15.5 Å². The third kappa shape index (κ3) is 3.19. The summed E-state index contributed by atoms with van der Waals surface area (Å²) < 4.78 is 13.3. The lowest BCUT2D eigenvalue weighted by atomic mass is 10.2. The minimum atomic E-state index is -0.469. The van der Waals surface area contributed by atoms with Crippen LogP contribution in [0.2, 0.25) is 0 Å².